The molecule has 1 atom stereocenters. The first-order chi connectivity index (χ1) is 9.74. The predicted octanol–water partition coefficient (Wildman–Crippen LogP) is 1.05. The molecule has 7 heteroatoms. The van der Waals surface area contributed by atoms with Crippen LogP contribution >= 0.6 is 0 Å². The highest BCUT2D eigenvalue weighted by Gasteiger charge is 2.16. The van der Waals surface area contributed by atoms with Gasteiger partial charge in [-0.25, -0.2) is 0 Å². The molecule has 1 unspecified atom stereocenters. The molecule has 1 aliphatic rings. The van der Waals surface area contributed by atoms with Crippen LogP contribution in [0.1, 0.15) is 41.1 Å². The Labute approximate surface area is 116 Å². The van der Waals surface area contributed by atoms with Crippen LogP contribution in [-0.4, -0.2) is 33.1 Å². The molecule has 0 spiro atoms. The van der Waals surface area contributed by atoms with Gasteiger partial charge in [0, 0.05) is 17.8 Å². The molecule has 1 aromatic heterocycles. The minimum Gasteiger partial charge on any atom is -0.385 e. The number of H-pyrrole nitrogens is 1. The summed E-state index contributed by atoms with van der Waals surface area (Å²) in [6.07, 6.45) is 2.10. The molecule has 0 saturated heterocycles. The number of carbonyl (C=O) groups excluding carboxylic acids is 1. The second-order valence-corrected chi connectivity index (χ2v) is 4.87. The third-order valence-electron chi connectivity index (χ3n) is 3.40. The van der Waals surface area contributed by atoms with E-state index < -0.39 is 0 Å². The molecule has 104 valence electrons. The number of rotatable bonds is 3. The molecule has 3 N–H and O–H groups in total. The number of tetrazole rings is 1. The van der Waals surface area contributed by atoms with E-state index in [9.17, 15) is 4.79 Å². The molecule has 1 aliphatic heterocycles. The van der Waals surface area contributed by atoms with Crippen LogP contribution in [0.15, 0.2) is 18.2 Å². The third kappa shape index (κ3) is 2.47. The molecule has 2 aromatic rings. The van der Waals surface area contributed by atoms with Crippen molar-refractivity contribution in [2.45, 2.75) is 25.8 Å². The van der Waals surface area contributed by atoms with E-state index in [1.807, 2.05) is 25.1 Å². The Bertz CT molecular complexity index is 609. The molecule has 0 fully saturated rings. The largest absolute Gasteiger partial charge is 0.385 e. The minimum absolute atomic E-state index is 0.129. The van der Waals surface area contributed by atoms with E-state index in [2.05, 4.69) is 31.3 Å². The zero-order valence-corrected chi connectivity index (χ0v) is 11.2. The summed E-state index contributed by atoms with van der Waals surface area (Å²) in [5, 5.41) is 19.8. The van der Waals surface area contributed by atoms with Crippen LogP contribution in [0.4, 0.5) is 5.69 Å². The number of hydrogen-bond donors (Lipinski definition) is 3. The van der Waals surface area contributed by atoms with E-state index in [0.717, 1.165) is 25.1 Å². The molecular formula is C13H16N6O. The Morgan fingerprint density at radius 3 is 3.15 bits per heavy atom. The van der Waals surface area contributed by atoms with Crippen molar-refractivity contribution < 1.29 is 4.79 Å². The van der Waals surface area contributed by atoms with Gasteiger partial charge in [-0.05, 0) is 43.5 Å². The normalized spacial score (nSPS) is 15.1. The molecule has 2 heterocycles. The molecule has 0 aliphatic carbocycles. The second-order valence-electron chi connectivity index (χ2n) is 4.87. The van der Waals surface area contributed by atoms with Crippen LogP contribution in [0.5, 0.6) is 0 Å². The van der Waals surface area contributed by atoms with Crippen LogP contribution in [0.3, 0.4) is 0 Å². The lowest BCUT2D eigenvalue weighted by molar-refractivity contribution is 0.0938. The number of aromatic nitrogens is 4. The van der Waals surface area contributed by atoms with Gasteiger partial charge in [0.2, 0.25) is 0 Å². The predicted molar refractivity (Wildman–Crippen MR) is 73.3 cm³/mol. The molecule has 20 heavy (non-hydrogen) atoms. The standard InChI is InChI=1S/C13H16N6O/c1-8(12-16-18-19-17-12)15-13(20)10-4-5-11-9(7-10)3-2-6-14-11/h4-5,7-8,14H,2-3,6H2,1H3,(H,15,20)(H,16,17,18,19). The van der Waals surface area contributed by atoms with Crippen molar-refractivity contribution in [2.75, 3.05) is 11.9 Å². The van der Waals surface area contributed by atoms with Crippen molar-refractivity contribution >= 4 is 11.6 Å². The summed E-state index contributed by atoms with van der Waals surface area (Å²) in [5.41, 5.74) is 2.97. The number of fused-ring (bicyclic) bond motifs is 1. The van der Waals surface area contributed by atoms with E-state index in [-0.39, 0.29) is 11.9 Å². The Kier molecular flexibility index (Phi) is 3.32. The first-order valence-electron chi connectivity index (χ1n) is 6.65. The van der Waals surface area contributed by atoms with Gasteiger partial charge in [0.25, 0.3) is 5.91 Å². The average Bonchev–Trinajstić information content (AvgIpc) is 3.01. The Balaban J connectivity index is 1.74. The van der Waals surface area contributed by atoms with Crippen molar-refractivity contribution in [1.82, 2.24) is 25.9 Å². The summed E-state index contributed by atoms with van der Waals surface area (Å²) in [5.74, 6) is 0.341. The van der Waals surface area contributed by atoms with Crippen molar-refractivity contribution in [3.63, 3.8) is 0 Å². The van der Waals surface area contributed by atoms with E-state index in [1.54, 1.807) is 0 Å². The topological polar surface area (TPSA) is 95.6 Å². The van der Waals surface area contributed by atoms with Crippen molar-refractivity contribution in [2.24, 2.45) is 0 Å². The maximum atomic E-state index is 12.2. The summed E-state index contributed by atoms with van der Waals surface area (Å²) in [6.45, 7) is 2.82. The number of carbonyl (C=O) groups is 1. The van der Waals surface area contributed by atoms with Crippen molar-refractivity contribution in [3.05, 3.63) is 35.2 Å². The monoisotopic (exact) mass is 272 g/mol. The lowest BCUT2D eigenvalue weighted by Gasteiger charge is -2.19. The highest BCUT2D eigenvalue weighted by molar-refractivity contribution is 5.95. The number of nitrogens with zero attached hydrogens (tertiary/aromatic N) is 3. The van der Waals surface area contributed by atoms with Crippen LogP contribution in [0.25, 0.3) is 0 Å². The maximum Gasteiger partial charge on any atom is 0.251 e. The molecule has 0 radical (unpaired) electrons. The fourth-order valence-electron chi connectivity index (χ4n) is 2.31. The van der Waals surface area contributed by atoms with E-state index in [0.29, 0.717) is 11.4 Å². The van der Waals surface area contributed by atoms with Crippen LogP contribution in [-0.2, 0) is 6.42 Å². The van der Waals surface area contributed by atoms with Crippen LogP contribution in [0.2, 0.25) is 0 Å². The summed E-state index contributed by atoms with van der Waals surface area (Å²) < 4.78 is 0. The van der Waals surface area contributed by atoms with Gasteiger partial charge in [0.05, 0.1) is 6.04 Å². The third-order valence-corrected chi connectivity index (χ3v) is 3.40. The number of nitrogens with one attached hydrogen (secondary N) is 3. The average molecular weight is 272 g/mol. The summed E-state index contributed by atoms with van der Waals surface area (Å²) in [6, 6.07) is 5.45. The molecular weight excluding hydrogens is 256 g/mol. The molecule has 3 rings (SSSR count). The van der Waals surface area contributed by atoms with Gasteiger partial charge < -0.3 is 10.6 Å². The summed E-state index contributed by atoms with van der Waals surface area (Å²) >= 11 is 0. The summed E-state index contributed by atoms with van der Waals surface area (Å²) in [7, 11) is 0. The highest BCUT2D eigenvalue weighted by atomic mass is 16.1. The zero-order valence-electron chi connectivity index (χ0n) is 11.2. The van der Waals surface area contributed by atoms with Gasteiger partial charge in [0.1, 0.15) is 0 Å². The quantitative estimate of drug-likeness (QED) is 0.776. The minimum atomic E-state index is -0.282. The Morgan fingerprint density at radius 1 is 1.45 bits per heavy atom. The Morgan fingerprint density at radius 2 is 2.35 bits per heavy atom. The molecule has 0 saturated carbocycles. The molecule has 1 aromatic carbocycles. The smallest absolute Gasteiger partial charge is 0.251 e. The first kappa shape index (κ1) is 12.6. The van der Waals surface area contributed by atoms with Gasteiger partial charge in [-0.2, -0.15) is 5.21 Å². The first-order valence-corrected chi connectivity index (χ1v) is 6.65. The van der Waals surface area contributed by atoms with Crippen molar-refractivity contribution in [1.29, 1.82) is 0 Å². The summed E-state index contributed by atoms with van der Waals surface area (Å²) in [4.78, 5) is 12.2. The van der Waals surface area contributed by atoms with E-state index >= 15 is 0 Å². The Hall–Kier alpha value is -2.44. The van der Waals surface area contributed by atoms with Gasteiger partial charge in [-0.1, -0.05) is 5.21 Å². The number of hydrogen-bond acceptors (Lipinski definition) is 5. The molecule has 0 bridgehead atoms. The molecule has 1 amide bonds. The SMILES string of the molecule is CC(NC(=O)c1ccc2c(c1)CCCN2)c1nn[nH]n1. The lowest BCUT2D eigenvalue weighted by Crippen LogP contribution is -2.27. The maximum absolute atomic E-state index is 12.2. The zero-order chi connectivity index (χ0) is 13.9. The van der Waals surface area contributed by atoms with Gasteiger partial charge in [0.15, 0.2) is 5.82 Å². The van der Waals surface area contributed by atoms with Crippen LogP contribution in [0, 0.1) is 0 Å². The number of aryl methyl sites for hydroxylation is 1. The van der Waals surface area contributed by atoms with Crippen molar-refractivity contribution in [3.8, 4) is 0 Å². The van der Waals surface area contributed by atoms with E-state index in [4.69, 9.17) is 0 Å². The van der Waals surface area contributed by atoms with Crippen LogP contribution < -0.4 is 10.6 Å². The van der Waals surface area contributed by atoms with Gasteiger partial charge >= 0.3 is 0 Å². The number of amides is 1. The highest BCUT2D eigenvalue weighted by Crippen LogP contribution is 2.23. The van der Waals surface area contributed by atoms with E-state index in [1.165, 1.54) is 5.56 Å². The molecule has 7 nitrogen and oxygen atoms in total. The second kappa shape index (κ2) is 5.28. The lowest BCUT2D eigenvalue weighted by atomic mass is 10.0. The fraction of sp³-hybridized carbons (Fsp3) is 0.385. The number of benzene rings is 1. The fourth-order valence-corrected chi connectivity index (χ4v) is 2.31. The number of aromatic amines is 1. The van der Waals surface area contributed by atoms with Gasteiger partial charge in [-0.15, -0.1) is 10.2 Å². The number of anilines is 1. The van der Waals surface area contributed by atoms with Gasteiger partial charge in [-0.3, -0.25) is 4.79 Å².